The van der Waals surface area contributed by atoms with Gasteiger partial charge in [-0.15, -0.1) is 0 Å². The molecular weight excluding hydrogens is 250 g/mol. The van der Waals surface area contributed by atoms with E-state index in [9.17, 15) is 13.6 Å². The normalized spacial score (nSPS) is 10.8. The molecule has 0 fully saturated rings. The lowest BCUT2D eigenvalue weighted by atomic mass is 10.0. The smallest absolute Gasteiger partial charge is 0.258 e. The van der Waals surface area contributed by atoms with Crippen molar-refractivity contribution in [1.82, 2.24) is 9.97 Å². The second kappa shape index (κ2) is 4.28. The number of fused-ring (bicyclic) bond motifs is 1. The molecule has 1 aromatic heterocycles. The fourth-order valence-corrected chi connectivity index (χ4v) is 1.94. The Balaban J connectivity index is 2.29. The van der Waals surface area contributed by atoms with Crippen LogP contribution in [0.1, 0.15) is 0 Å². The predicted molar refractivity (Wildman–Crippen MR) is 67.7 cm³/mol. The van der Waals surface area contributed by atoms with Crippen molar-refractivity contribution in [1.29, 1.82) is 0 Å². The van der Waals surface area contributed by atoms with E-state index in [4.69, 9.17) is 0 Å². The zero-order valence-corrected chi connectivity index (χ0v) is 9.65. The van der Waals surface area contributed by atoms with Crippen LogP contribution in [-0.2, 0) is 0 Å². The highest BCUT2D eigenvalue weighted by Gasteiger charge is 2.09. The molecule has 0 aliphatic rings. The van der Waals surface area contributed by atoms with Crippen LogP contribution < -0.4 is 5.56 Å². The van der Waals surface area contributed by atoms with Crippen molar-refractivity contribution < 1.29 is 8.78 Å². The maximum Gasteiger partial charge on any atom is 0.258 e. The number of hydrogen-bond acceptors (Lipinski definition) is 2. The maximum atomic E-state index is 14.0. The second-order valence-corrected chi connectivity index (χ2v) is 4.09. The number of aromatic amines is 1. The first-order chi connectivity index (χ1) is 9.15. The highest BCUT2D eigenvalue weighted by atomic mass is 19.1. The van der Waals surface area contributed by atoms with Gasteiger partial charge in [-0.1, -0.05) is 12.1 Å². The van der Waals surface area contributed by atoms with E-state index in [1.807, 2.05) is 0 Å². The summed E-state index contributed by atoms with van der Waals surface area (Å²) in [5.74, 6) is -0.901. The van der Waals surface area contributed by atoms with Crippen LogP contribution in [0.4, 0.5) is 8.78 Å². The van der Waals surface area contributed by atoms with E-state index in [1.165, 1.54) is 42.7 Å². The van der Waals surface area contributed by atoms with Crippen molar-refractivity contribution in [2.75, 3.05) is 0 Å². The number of nitrogens with zero attached hydrogens (tertiary/aromatic N) is 1. The largest absolute Gasteiger partial charge is 0.313 e. The SMILES string of the molecule is O=c1[nH]cnc2cc(F)c(-c3ccc(F)cc3)cc12. The van der Waals surface area contributed by atoms with Gasteiger partial charge in [-0.2, -0.15) is 0 Å². The number of halogens is 2. The quantitative estimate of drug-likeness (QED) is 0.729. The lowest BCUT2D eigenvalue weighted by Gasteiger charge is -2.05. The molecule has 3 rings (SSSR count). The zero-order chi connectivity index (χ0) is 13.4. The van der Waals surface area contributed by atoms with Crippen LogP contribution in [0.15, 0.2) is 47.5 Å². The average molecular weight is 258 g/mol. The van der Waals surface area contributed by atoms with Crippen LogP contribution in [0.25, 0.3) is 22.0 Å². The Kier molecular flexibility index (Phi) is 2.59. The third kappa shape index (κ3) is 1.99. The molecule has 0 saturated heterocycles. The average Bonchev–Trinajstić information content (AvgIpc) is 2.40. The number of aromatic nitrogens is 2. The molecule has 0 amide bonds. The van der Waals surface area contributed by atoms with Crippen LogP contribution in [0.2, 0.25) is 0 Å². The Bertz CT molecular complexity index is 810. The third-order valence-corrected chi connectivity index (χ3v) is 2.88. The lowest BCUT2D eigenvalue weighted by Crippen LogP contribution is -2.06. The van der Waals surface area contributed by atoms with Gasteiger partial charge in [0.1, 0.15) is 11.6 Å². The molecule has 0 unspecified atom stereocenters. The van der Waals surface area contributed by atoms with Gasteiger partial charge in [-0.25, -0.2) is 13.8 Å². The first kappa shape index (κ1) is 11.5. The van der Waals surface area contributed by atoms with Gasteiger partial charge in [-0.05, 0) is 23.8 Å². The summed E-state index contributed by atoms with van der Waals surface area (Å²) in [6, 6.07) is 8.03. The Labute approximate surface area is 106 Å². The summed E-state index contributed by atoms with van der Waals surface area (Å²) in [5.41, 5.74) is 0.690. The van der Waals surface area contributed by atoms with E-state index in [-0.39, 0.29) is 16.6 Å². The summed E-state index contributed by atoms with van der Waals surface area (Å²) in [4.78, 5) is 18.0. The molecule has 0 aliphatic carbocycles. The predicted octanol–water partition coefficient (Wildman–Crippen LogP) is 2.87. The lowest BCUT2D eigenvalue weighted by molar-refractivity contribution is 0.626. The minimum atomic E-state index is -0.503. The summed E-state index contributed by atoms with van der Waals surface area (Å²) in [5, 5.41) is 0.295. The number of H-pyrrole nitrogens is 1. The first-order valence-electron chi connectivity index (χ1n) is 5.58. The number of hydrogen-bond donors (Lipinski definition) is 1. The minimum Gasteiger partial charge on any atom is -0.313 e. The summed E-state index contributed by atoms with van der Waals surface area (Å²) >= 11 is 0. The topological polar surface area (TPSA) is 45.8 Å². The molecule has 1 N–H and O–H groups in total. The van der Waals surface area contributed by atoms with Crippen molar-refractivity contribution in [2.24, 2.45) is 0 Å². The van der Waals surface area contributed by atoms with Crippen molar-refractivity contribution in [3.8, 4) is 11.1 Å². The molecule has 2 aromatic carbocycles. The van der Waals surface area contributed by atoms with E-state index in [1.54, 1.807) is 0 Å². The molecule has 3 aromatic rings. The standard InChI is InChI=1S/C14H8F2N2O/c15-9-3-1-8(2-4-9)10-5-11-13(6-12(10)16)17-7-18-14(11)19/h1-7H,(H,17,18,19). The van der Waals surface area contributed by atoms with Crippen LogP contribution in [0.5, 0.6) is 0 Å². The summed E-state index contributed by atoms with van der Waals surface area (Å²) < 4.78 is 26.9. The summed E-state index contributed by atoms with van der Waals surface area (Å²) in [7, 11) is 0. The zero-order valence-electron chi connectivity index (χ0n) is 9.65. The molecule has 0 spiro atoms. The summed E-state index contributed by atoms with van der Waals surface area (Å²) in [6.07, 6.45) is 1.22. The van der Waals surface area contributed by atoms with Crippen LogP contribution >= 0.6 is 0 Å². The van der Waals surface area contributed by atoms with Gasteiger partial charge < -0.3 is 4.98 Å². The number of nitrogens with one attached hydrogen (secondary N) is 1. The van der Waals surface area contributed by atoms with Crippen LogP contribution in [0.3, 0.4) is 0 Å². The molecular formula is C14H8F2N2O. The molecule has 0 atom stereocenters. The molecule has 94 valence electrons. The van der Waals surface area contributed by atoms with Gasteiger partial charge in [0.05, 0.1) is 17.2 Å². The highest BCUT2D eigenvalue weighted by Crippen LogP contribution is 2.25. The van der Waals surface area contributed by atoms with E-state index in [0.29, 0.717) is 10.9 Å². The van der Waals surface area contributed by atoms with Gasteiger partial charge in [0.2, 0.25) is 0 Å². The Morgan fingerprint density at radius 2 is 1.79 bits per heavy atom. The molecule has 0 radical (unpaired) electrons. The van der Waals surface area contributed by atoms with Gasteiger partial charge >= 0.3 is 0 Å². The molecule has 0 saturated carbocycles. The third-order valence-electron chi connectivity index (χ3n) is 2.88. The minimum absolute atomic E-state index is 0.242. The van der Waals surface area contributed by atoms with Crippen molar-refractivity contribution in [3.05, 3.63) is 64.7 Å². The Hall–Kier alpha value is -2.56. The van der Waals surface area contributed by atoms with Crippen molar-refractivity contribution in [2.45, 2.75) is 0 Å². The number of benzene rings is 2. The highest BCUT2D eigenvalue weighted by molar-refractivity contribution is 5.83. The van der Waals surface area contributed by atoms with Gasteiger partial charge in [0, 0.05) is 11.6 Å². The maximum absolute atomic E-state index is 14.0. The molecule has 0 aliphatic heterocycles. The van der Waals surface area contributed by atoms with E-state index in [2.05, 4.69) is 9.97 Å². The fraction of sp³-hybridized carbons (Fsp3) is 0. The number of rotatable bonds is 1. The molecule has 0 bridgehead atoms. The molecule has 19 heavy (non-hydrogen) atoms. The van der Waals surface area contributed by atoms with E-state index in [0.717, 1.165) is 0 Å². The van der Waals surface area contributed by atoms with Gasteiger partial charge in [0.15, 0.2) is 0 Å². The monoisotopic (exact) mass is 258 g/mol. The van der Waals surface area contributed by atoms with Crippen LogP contribution in [0, 0.1) is 11.6 Å². The van der Waals surface area contributed by atoms with Crippen LogP contribution in [-0.4, -0.2) is 9.97 Å². The van der Waals surface area contributed by atoms with Crippen molar-refractivity contribution >= 4 is 10.9 Å². The van der Waals surface area contributed by atoms with Gasteiger partial charge in [0.25, 0.3) is 5.56 Å². The fourth-order valence-electron chi connectivity index (χ4n) is 1.94. The molecule has 1 heterocycles. The van der Waals surface area contributed by atoms with Gasteiger partial charge in [-0.3, -0.25) is 4.79 Å². The molecule has 5 heteroatoms. The Morgan fingerprint density at radius 3 is 2.53 bits per heavy atom. The Morgan fingerprint density at radius 1 is 1.05 bits per heavy atom. The summed E-state index contributed by atoms with van der Waals surface area (Å²) in [6.45, 7) is 0. The van der Waals surface area contributed by atoms with Crippen molar-refractivity contribution in [3.63, 3.8) is 0 Å². The second-order valence-electron chi connectivity index (χ2n) is 4.09. The first-order valence-corrected chi connectivity index (χ1v) is 5.58. The van der Waals surface area contributed by atoms with E-state index < -0.39 is 11.6 Å². The van der Waals surface area contributed by atoms with E-state index >= 15 is 0 Å². The molecule has 3 nitrogen and oxygen atoms in total.